The van der Waals surface area contributed by atoms with Gasteiger partial charge in [-0.15, -0.1) is 0 Å². The van der Waals surface area contributed by atoms with Crippen molar-refractivity contribution in [3.63, 3.8) is 0 Å². The van der Waals surface area contributed by atoms with Gasteiger partial charge in [0.05, 0.1) is 4.92 Å². The van der Waals surface area contributed by atoms with Gasteiger partial charge in [-0.1, -0.05) is 83.0 Å². The highest BCUT2D eigenvalue weighted by atomic mass is 35.5. The molecule has 0 bridgehead atoms. The molecule has 0 atom stereocenters. The van der Waals surface area contributed by atoms with Crippen molar-refractivity contribution in [2.45, 2.75) is 93.9 Å². The molecule has 3 aromatic carbocycles. The SMILES string of the molecule is CC(C)c1ccc(Cl)cc1.Cc1cc(C)c(C(C)C)c(C)c1.Cc1cc([N+](=O)[O-])cc(C)c1C(C)C. The lowest BCUT2D eigenvalue weighted by molar-refractivity contribution is -0.385. The molecular formula is C32H44ClNO2. The van der Waals surface area contributed by atoms with E-state index >= 15 is 0 Å². The third-order valence-corrected chi connectivity index (χ3v) is 6.47. The van der Waals surface area contributed by atoms with Crippen LogP contribution in [0.2, 0.25) is 5.02 Å². The number of rotatable bonds is 4. The predicted octanol–water partition coefficient (Wildman–Crippen LogP) is 10.5. The minimum atomic E-state index is -0.343. The van der Waals surface area contributed by atoms with Crippen LogP contribution in [0.1, 0.15) is 104 Å². The Bertz CT molecular complexity index is 1100. The van der Waals surface area contributed by atoms with E-state index in [1.807, 2.05) is 26.0 Å². The Morgan fingerprint density at radius 2 is 1.00 bits per heavy atom. The van der Waals surface area contributed by atoms with E-state index in [0.717, 1.165) is 16.1 Å². The van der Waals surface area contributed by atoms with Crippen LogP contribution in [0.15, 0.2) is 48.5 Å². The summed E-state index contributed by atoms with van der Waals surface area (Å²) in [5.41, 5.74) is 10.5. The average Bonchev–Trinajstić information content (AvgIpc) is 2.73. The average molecular weight is 510 g/mol. The molecule has 0 heterocycles. The minimum Gasteiger partial charge on any atom is -0.258 e. The number of aryl methyl sites for hydroxylation is 5. The van der Waals surface area contributed by atoms with Crippen molar-refractivity contribution < 1.29 is 4.92 Å². The highest BCUT2D eigenvalue weighted by molar-refractivity contribution is 6.30. The third-order valence-electron chi connectivity index (χ3n) is 6.22. The molecule has 0 aliphatic rings. The van der Waals surface area contributed by atoms with Crippen molar-refractivity contribution in [1.82, 2.24) is 0 Å². The minimum absolute atomic E-state index is 0.185. The lowest BCUT2D eigenvalue weighted by Gasteiger charge is -2.14. The molecule has 36 heavy (non-hydrogen) atoms. The molecule has 0 amide bonds. The first-order chi connectivity index (χ1) is 16.6. The van der Waals surface area contributed by atoms with Gasteiger partial charge in [-0.25, -0.2) is 0 Å². The molecule has 3 rings (SSSR count). The van der Waals surface area contributed by atoms with E-state index in [2.05, 4.69) is 86.6 Å². The van der Waals surface area contributed by atoms with Crippen molar-refractivity contribution in [1.29, 1.82) is 0 Å². The summed E-state index contributed by atoms with van der Waals surface area (Å²) >= 11 is 5.72. The summed E-state index contributed by atoms with van der Waals surface area (Å²) in [7, 11) is 0. The fourth-order valence-electron chi connectivity index (χ4n) is 4.92. The number of hydrogen-bond acceptors (Lipinski definition) is 2. The number of nitro groups is 1. The molecule has 3 nitrogen and oxygen atoms in total. The molecule has 4 heteroatoms. The second-order valence-corrected chi connectivity index (χ2v) is 11.0. The van der Waals surface area contributed by atoms with Crippen LogP contribution in [0.5, 0.6) is 0 Å². The van der Waals surface area contributed by atoms with E-state index in [9.17, 15) is 10.1 Å². The lowest BCUT2D eigenvalue weighted by atomic mass is 9.92. The van der Waals surface area contributed by atoms with Crippen LogP contribution in [-0.2, 0) is 0 Å². The quantitative estimate of drug-likeness (QED) is 0.259. The van der Waals surface area contributed by atoms with Crippen LogP contribution >= 0.6 is 11.6 Å². The Morgan fingerprint density at radius 1 is 0.639 bits per heavy atom. The van der Waals surface area contributed by atoms with Gasteiger partial charge in [0.15, 0.2) is 0 Å². The highest BCUT2D eigenvalue weighted by Gasteiger charge is 2.13. The van der Waals surface area contributed by atoms with Crippen LogP contribution in [-0.4, -0.2) is 4.92 Å². The van der Waals surface area contributed by atoms with Crippen LogP contribution in [0, 0.1) is 44.7 Å². The third kappa shape index (κ3) is 9.43. The molecule has 0 aromatic heterocycles. The Hall–Kier alpha value is -2.65. The lowest BCUT2D eigenvalue weighted by Crippen LogP contribution is -1.98. The van der Waals surface area contributed by atoms with Gasteiger partial charge in [-0.05, 0) is 103 Å². The van der Waals surface area contributed by atoms with Gasteiger partial charge in [-0.2, -0.15) is 0 Å². The molecule has 196 valence electrons. The second-order valence-electron chi connectivity index (χ2n) is 10.6. The summed E-state index contributed by atoms with van der Waals surface area (Å²) in [4.78, 5) is 10.2. The first-order valence-electron chi connectivity index (χ1n) is 12.7. The van der Waals surface area contributed by atoms with Crippen molar-refractivity contribution in [2.24, 2.45) is 0 Å². The summed E-state index contributed by atoms with van der Waals surface area (Å²) in [6.07, 6.45) is 0. The van der Waals surface area contributed by atoms with Crippen molar-refractivity contribution in [2.75, 3.05) is 0 Å². The number of nitrogens with zero attached hydrogens (tertiary/aromatic N) is 1. The van der Waals surface area contributed by atoms with Gasteiger partial charge < -0.3 is 0 Å². The number of hydrogen-bond donors (Lipinski definition) is 0. The van der Waals surface area contributed by atoms with Crippen molar-refractivity contribution in [3.05, 3.63) is 108 Å². The topological polar surface area (TPSA) is 43.1 Å². The van der Waals surface area contributed by atoms with E-state index in [1.54, 1.807) is 12.1 Å². The number of halogens is 1. The number of nitro benzene ring substituents is 1. The summed E-state index contributed by atoms with van der Waals surface area (Å²) in [5, 5.41) is 11.4. The molecule has 0 spiro atoms. The zero-order valence-electron chi connectivity index (χ0n) is 24.0. The predicted molar refractivity (Wildman–Crippen MR) is 157 cm³/mol. The maximum atomic E-state index is 10.6. The first kappa shape index (κ1) is 31.4. The molecule has 0 fully saturated rings. The van der Waals surface area contributed by atoms with Crippen LogP contribution in [0.4, 0.5) is 5.69 Å². The molecule has 0 unspecified atom stereocenters. The smallest absolute Gasteiger partial charge is 0.258 e. The molecule has 0 saturated heterocycles. The van der Waals surface area contributed by atoms with E-state index in [-0.39, 0.29) is 10.6 Å². The maximum absolute atomic E-state index is 10.6. The Morgan fingerprint density at radius 3 is 1.31 bits per heavy atom. The molecule has 3 aromatic rings. The maximum Gasteiger partial charge on any atom is 0.269 e. The van der Waals surface area contributed by atoms with Gasteiger partial charge in [-0.3, -0.25) is 10.1 Å². The molecule has 0 N–H and O–H groups in total. The van der Waals surface area contributed by atoms with Crippen LogP contribution in [0.25, 0.3) is 0 Å². The zero-order chi connectivity index (χ0) is 27.7. The Balaban J connectivity index is 0.000000274. The van der Waals surface area contributed by atoms with E-state index in [4.69, 9.17) is 11.6 Å². The van der Waals surface area contributed by atoms with E-state index in [1.165, 1.54) is 33.4 Å². The summed E-state index contributed by atoms with van der Waals surface area (Å²) in [6.45, 7) is 23.5. The fourth-order valence-corrected chi connectivity index (χ4v) is 5.04. The largest absolute Gasteiger partial charge is 0.269 e. The summed E-state index contributed by atoms with van der Waals surface area (Å²) in [5.74, 6) is 1.65. The van der Waals surface area contributed by atoms with Gasteiger partial charge in [0, 0.05) is 17.2 Å². The van der Waals surface area contributed by atoms with Crippen LogP contribution < -0.4 is 0 Å². The monoisotopic (exact) mass is 509 g/mol. The summed E-state index contributed by atoms with van der Waals surface area (Å²) < 4.78 is 0. The molecule has 0 radical (unpaired) electrons. The van der Waals surface area contributed by atoms with E-state index in [0.29, 0.717) is 17.8 Å². The zero-order valence-corrected chi connectivity index (χ0v) is 24.7. The number of non-ortho nitro benzene ring substituents is 1. The van der Waals surface area contributed by atoms with Crippen LogP contribution in [0.3, 0.4) is 0 Å². The fraction of sp³-hybridized carbons (Fsp3) is 0.438. The Labute approximate surface area is 224 Å². The van der Waals surface area contributed by atoms with Gasteiger partial charge in [0.1, 0.15) is 0 Å². The first-order valence-corrected chi connectivity index (χ1v) is 13.1. The van der Waals surface area contributed by atoms with Gasteiger partial charge >= 0.3 is 0 Å². The van der Waals surface area contributed by atoms with Crippen molar-refractivity contribution >= 4 is 17.3 Å². The molecule has 0 aliphatic carbocycles. The standard InChI is InChI=1S/C12H18.C11H15NO2.C9H11Cl/c1-8(2)12-10(4)6-9(3)7-11(12)5;1-7(2)11-8(3)5-10(12(13)14)6-9(11)4;1-7(2)8-3-5-9(10)6-4-8/h6-8H,1-5H3;5-7H,1-4H3;3-7H,1-2H3. The molecular weight excluding hydrogens is 466 g/mol. The van der Waals surface area contributed by atoms with E-state index < -0.39 is 0 Å². The Kier molecular flexibility index (Phi) is 12.4. The number of benzene rings is 3. The molecule has 0 aliphatic heterocycles. The van der Waals surface area contributed by atoms with Gasteiger partial charge in [0.2, 0.25) is 0 Å². The highest BCUT2D eigenvalue weighted by Crippen LogP contribution is 2.27. The second kappa shape index (κ2) is 14.2. The van der Waals surface area contributed by atoms with Gasteiger partial charge in [0.25, 0.3) is 5.69 Å². The summed E-state index contributed by atoms with van der Waals surface area (Å²) in [6, 6.07) is 15.8. The molecule has 0 saturated carbocycles. The van der Waals surface area contributed by atoms with Crippen molar-refractivity contribution in [3.8, 4) is 0 Å². The normalized spacial score (nSPS) is 10.6.